The van der Waals surface area contributed by atoms with E-state index in [1.54, 1.807) is 7.11 Å². The zero-order chi connectivity index (χ0) is 22.5. The topological polar surface area (TPSA) is 140 Å². The van der Waals surface area contributed by atoms with E-state index in [1.165, 1.54) is 0 Å². The Morgan fingerprint density at radius 1 is 1.26 bits per heavy atom. The van der Waals surface area contributed by atoms with E-state index in [0.29, 0.717) is 50.3 Å². The van der Waals surface area contributed by atoms with Crippen molar-refractivity contribution >= 4 is 30.0 Å². The van der Waals surface area contributed by atoms with Crippen LogP contribution in [-0.4, -0.2) is 60.9 Å². The summed E-state index contributed by atoms with van der Waals surface area (Å²) in [6, 6.07) is 4.06. The van der Waals surface area contributed by atoms with Crippen LogP contribution in [0.3, 0.4) is 0 Å². The molecule has 166 valence electrons. The Balaban J connectivity index is 0.000000858. The van der Waals surface area contributed by atoms with Crippen molar-refractivity contribution in [2.24, 2.45) is 0 Å². The number of morpholine rings is 1. The number of carbonyl (C=O) groups is 2. The standard InChI is InChI=1S/C20H25N5O3.CH2O2/c1-11-9-15(27-3)12(2)8-13(11)14-10-16(26)22-19-17(14)18(21)23-20(24-19)25-4-6-28-7-5-25;2-1-3/h8-9,14H,4-7,10H2,1-3H3,(H3,21,22,23,24,26);1H,(H,2,3). The van der Waals surface area contributed by atoms with Crippen LogP contribution in [0.4, 0.5) is 17.6 Å². The van der Waals surface area contributed by atoms with Gasteiger partial charge in [-0.1, -0.05) is 6.07 Å². The zero-order valence-corrected chi connectivity index (χ0v) is 17.8. The highest BCUT2D eigenvalue weighted by Gasteiger charge is 2.33. The summed E-state index contributed by atoms with van der Waals surface area (Å²) in [6.07, 6.45) is 0.310. The van der Waals surface area contributed by atoms with E-state index in [1.807, 2.05) is 24.8 Å². The van der Waals surface area contributed by atoms with Crippen LogP contribution in [0.25, 0.3) is 0 Å². The molecule has 1 aromatic heterocycles. The van der Waals surface area contributed by atoms with Crippen LogP contribution in [0.2, 0.25) is 0 Å². The first-order valence-corrected chi connectivity index (χ1v) is 9.92. The van der Waals surface area contributed by atoms with E-state index >= 15 is 0 Å². The first-order valence-electron chi connectivity index (χ1n) is 9.92. The molecule has 0 saturated carbocycles. The molecule has 1 unspecified atom stereocenters. The highest BCUT2D eigenvalue weighted by atomic mass is 16.5. The van der Waals surface area contributed by atoms with Crippen LogP contribution in [0, 0.1) is 13.8 Å². The summed E-state index contributed by atoms with van der Waals surface area (Å²) in [5.41, 5.74) is 10.3. The zero-order valence-electron chi connectivity index (χ0n) is 17.8. The minimum atomic E-state index is -0.250. The normalized spacial score (nSPS) is 17.7. The minimum absolute atomic E-state index is 0.0728. The number of hydrogen-bond acceptors (Lipinski definition) is 8. The number of ether oxygens (including phenoxy) is 2. The number of aryl methyl sites for hydroxylation is 2. The number of anilines is 3. The van der Waals surface area contributed by atoms with Crippen molar-refractivity contribution in [2.45, 2.75) is 26.2 Å². The molecule has 31 heavy (non-hydrogen) atoms. The molecule has 2 aromatic rings. The van der Waals surface area contributed by atoms with E-state index in [0.717, 1.165) is 28.0 Å². The van der Waals surface area contributed by atoms with Crippen LogP contribution >= 0.6 is 0 Å². The number of amides is 1. The van der Waals surface area contributed by atoms with Gasteiger partial charge in [0.05, 0.1) is 20.3 Å². The molecule has 0 aliphatic carbocycles. The van der Waals surface area contributed by atoms with E-state index in [9.17, 15) is 4.79 Å². The number of methoxy groups -OCH3 is 1. The summed E-state index contributed by atoms with van der Waals surface area (Å²) >= 11 is 0. The Morgan fingerprint density at radius 2 is 1.94 bits per heavy atom. The number of carboxylic acid groups (broad SMARTS) is 1. The van der Waals surface area contributed by atoms with Gasteiger partial charge in [-0.05, 0) is 36.6 Å². The number of nitrogens with zero attached hydrogens (tertiary/aromatic N) is 3. The molecular weight excluding hydrogens is 402 g/mol. The van der Waals surface area contributed by atoms with Crippen molar-refractivity contribution in [2.75, 3.05) is 49.4 Å². The first kappa shape index (κ1) is 22.3. The van der Waals surface area contributed by atoms with E-state index < -0.39 is 0 Å². The molecule has 4 N–H and O–H groups in total. The number of carbonyl (C=O) groups excluding carboxylic acids is 1. The van der Waals surface area contributed by atoms with Gasteiger partial charge in [-0.25, -0.2) is 0 Å². The van der Waals surface area contributed by atoms with Crippen LogP contribution < -0.4 is 20.7 Å². The van der Waals surface area contributed by atoms with Gasteiger partial charge in [-0.3, -0.25) is 9.59 Å². The molecule has 1 amide bonds. The van der Waals surface area contributed by atoms with Crippen LogP contribution in [0.1, 0.15) is 34.6 Å². The fourth-order valence-corrected chi connectivity index (χ4v) is 3.96. The van der Waals surface area contributed by atoms with Crippen LogP contribution in [0.5, 0.6) is 5.75 Å². The lowest BCUT2D eigenvalue weighted by Gasteiger charge is -2.31. The predicted octanol–water partition coefficient (Wildman–Crippen LogP) is 1.70. The van der Waals surface area contributed by atoms with Crippen LogP contribution in [-0.2, 0) is 14.3 Å². The summed E-state index contributed by atoms with van der Waals surface area (Å²) in [5, 5.41) is 9.77. The van der Waals surface area contributed by atoms with Gasteiger partial charge in [0.25, 0.3) is 6.47 Å². The molecule has 10 heteroatoms. The molecule has 1 atom stereocenters. The van der Waals surface area contributed by atoms with Gasteiger partial charge in [-0.2, -0.15) is 9.97 Å². The third kappa shape index (κ3) is 4.69. The first-order chi connectivity index (χ1) is 14.9. The van der Waals surface area contributed by atoms with Gasteiger partial charge in [-0.15, -0.1) is 0 Å². The average molecular weight is 429 g/mol. The monoisotopic (exact) mass is 429 g/mol. The van der Waals surface area contributed by atoms with E-state index in [-0.39, 0.29) is 18.3 Å². The average Bonchev–Trinajstić information content (AvgIpc) is 2.75. The molecular formula is C21H27N5O5. The smallest absolute Gasteiger partial charge is 0.290 e. The van der Waals surface area contributed by atoms with E-state index in [4.69, 9.17) is 25.1 Å². The molecule has 0 radical (unpaired) electrons. The second-order valence-corrected chi connectivity index (χ2v) is 7.36. The lowest BCUT2D eigenvalue weighted by atomic mass is 9.83. The number of nitrogens with two attached hydrogens (primary N) is 1. The minimum Gasteiger partial charge on any atom is -0.496 e. The maximum atomic E-state index is 12.5. The number of nitrogen functional groups attached to an aromatic ring is 1. The number of fused-ring (bicyclic) bond motifs is 1. The molecule has 2 aliphatic rings. The number of rotatable bonds is 3. The van der Waals surface area contributed by atoms with Crippen molar-refractivity contribution < 1.29 is 24.2 Å². The summed E-state index contributed by atoms with van der Waals surface area (Å²) < 4.78 is 10.8. The molecule has 0 spiro atoms. The van der Waals surface area contributed by atoms with Gasteiger partial charge in [0.1, 0.15) is 17.4 Å². The van der Waals surface area contributed by atoms with Crippen molar-refractivity contribution in [3.63, 3.8) is 0 Å². The second kappa shape index (κ2) is 9.61. The van der Waals surface area contributed by atoms with Crippen molar-refractivity contribution in [3.05, 3.63) is 34.4 Å². The maximum absolute atomic E-state index is 12.5. The lowest BCUT2D eigenvalue weighted by Crippen LogP contribution is -2.38. The summed E-state index contributed by atoms with van der Waals surface area (Å²) in [5.74, 6) is 2.01. The lowest BCUT2D eigenvalue weighted by molar-refractivity contribution is -0.123. The highest BCUT2D eigenvalue weighted by Crippen LogP contribution is 2.42. The third-order valence-corrected chi connectivity index (χ3v) is 5.41. The Morgan fingerprint density at radius 3 is 2.58 bits per heavy atom. The van der Waals surface area contributed by atoms with Crippen molar-refractivity contribution in [1.82, 2.24) is 9.97 Å². The molecule has 3 heterocycles. The van der Waals surface area contributed by atoms with Crippen LogP contribution in [0.15, 0.2) is 12.1 Å². The Labute approximate surface area is 180 Å². The second-order valence-electron chi connectivity index (χ2n) is 7.36. The van der Waals surface area contributed by atoms with Gasteiger partial charge in [0.15, 0.2) is 0 Å². The largest absolute Gasteiger partial charge is 0.496 e. The van der Waals surface area contributed by atoms with Gasteiger partial charge in [0, 0.05) is 31.0 Å². The van der Waals surface area contributed by atoms with Gasteiger partial charge < -0.3 is 30.5 Å². The summed E-state index contributed by atoms with van der Waals surface area (Å²) in [4.78, 5) is 32.0. The molecule has 1 saturated heterocycles. The third-order valence-electron chi connectivity index (χ3n) is 5.41. The Kier molecular flexibility index (Phi) is 6.91. The molecule has 1 aromatic carbocycles. The Bertz CT molecular complexity index is 975. The molecule has 4 rings (SSSR count). The fourth-order valence-electron chi connectivity index (χ4n) is 3.96. The number of hydrogen-bond donors (Lipinski definition) is 3. The quantitative estimate of drug-likeness (QED) is 0.622. The summed E-state index contributed by atoms with van der Waals surface area (Å²) in [7, 11) is 1.66. The predicted molar refractivity (Wildman–Crippen MR) is 116 cm³/mol. The summed E-state index contributed by atoms with van der Waals surface area (Å²) in [6.45, 7) is 6.41. The Hall–Kier alpha value is -3.40. The van der Waals surface area contributed by atoms with E-state index in [2.05, 4.69) is 21.4 Å². The maximum Gasteiger partial charge on any atom is 0.290 e. The number of nitrogens with one attached hydrogen (secondary N) is 1. The van der Waals surface area contributed by atoms with Gasteiger partial charge in [0.2, 0.25) is 11.9 Å². The number of aromatic nitrogens is 2. The molecule has 2 aliphatic heterocycles. The van der Waals surface area contributed by atoms with Crippen molar-refractivity contribution in [3.8, 4) is 5.75 Å². The fraction of sp³-hybridized carbons (Fsp3) is 0.429. The molecule has 1 fully saturated rings. The molecule has 10 nitrogen and oxygen atoms in total. The number of benzene rings is 1. The SMILES string of the molecule is COc1cc(C)c(C2CC(=O)Nc3nc(N4CCOCC4)nc(N)c32)cc1C.O=CO. The van der Waals surface area contributed by atoms with Gasteiger partial charge >= 0.3 is 0 Å². The van der Waals surface area contributed by atoms with Crippen molar-refractivity contribution in [1.29, 1.82) is 0 Å². The highest BCUT2D eigenvalue weighted by molar-refractivity contribution is 5.95. The molecule has 0 bridgehead atoms.